The molecule has 0 saturated carbocycles. The van der Waals surface area contributed by atoms with E-state index in [1.807, 2.05) is 37.3 Å². The number of carbonyl (C=O) groups is 1. The minimum atomic E-state index is 0.0161. The molecule has 114 valence electrons. The van der Waals surface area contributed by atoms with Gasteiger partial charge in [-0.05, 0) is 30.3 Å². The molecule has 0 aliphatic carbocycles. The van der Waals surface area contributed by atoms with Crippen LogP contribution < -0.4 is 9.64 Å². The summed E-state index contributed by atoms with van der Waals surface area (Å²) in [6.45, 7) is 2.23. The van der Waals surface area contributed by atoms with Crippen molar-refractivity contribution >= 4 is 32.6 Å². The summed E-state index contributed by atoms with van der Waals surface area (Å²) in [6.07, 6.45) is 2.02. The highest BCUT2D eigenvalue weighted by Crippen LogP contribution is 2.32. The molecule has 1 amide bonds. The van der Waals surface area contributed by atoms with Gasteiger partial charge in [-0.15, -0.1) is 0 Å². The molecule has 0 N–H and O–H groups in total. The highest BCUT2D eigenvalue weighted by molar-refractivity contribution is 7.22. The van der Waals surface area contributed by atoms with Crippen LogP contribution in [0.15, 0.2) is 41.0 Å². The fourth-order valence-corrected chi connectivity index (χ4v) is 3.16. The van der Waals surface area contributed by atoms with Crippen molar-refractivity contribution in [1.29, 1.82) is 0 Å². The molecule has 5 nitrogen and oxygen atoms in total. The van der Waals surface area contributed by atoms with Gasteiger partial charge in [0.1, 0.15) is 11.5 Å². The molecule has 0 bridgehead atoms. The first-order valence-electron chi connectivity index (χ1n) is 6.98. The Morgan fingerprint density at radius 3 is 2.95 bits per heavy atom. The van der Waals surface area contributed by atoms with Crippen molar-refractivity contribution in [3.05, 3.63) is 42.4 Å². The number of amides is 1. The quantitative estimate of drug-likeness (QED) is 0.717. The fourth-order valence-electron chi connectivity index (χ4n) is 2.15. The molecule has 3 rings (SSSR count). The van der Waals surface area contributed by atoms with Crippen molar-refractivity contribution < 1.29 is 13.9 Å². The molecular weight excluding hydrogens is 300 g/mol. The van der Waals surface area contributed by atoms with Crippen molar-refractivity contribution in [2.45, 2.75) is 19.9 Å². The molecule has 22 heavy (non-hydrogen) atoms. The first kappa shape index (κ1) is 14.6. The minimum Gasteiger partial charge on any atom is -0.497 e. The predicted molar refractivity (Wildman–Crippen MR) is 86.4 cm³/mol. The van der Waals surface area contributed by atoms with E-state index in [1.165, 1.54) is 11.3 Å². The second-order valence-corrected chi connectivity index (χ2v) is 5.75. The lowest BCUT2D eigenvalue weighted by atomic mass is 10.3. The molecule has 0 aliphatic rings. The number of nitrogens with zero attached hydrogens (tertiary/aromatic N) is 2. The van der Waals surface area contributed by atoms with Gasteiger partial charge in [0.25, 0.3) is 0 Å². The van der Waals surface area contributed by atoms with Crippen molar-refractivity contribution in [3.8, 4) is 5.75 Å². The van der Waals surface area contributed by atoms with Gasteiger partial charge >= 0.3 is 0 Å². The van der Waals surface area contributed by atoms with Crippen LogP contribution in [0, 0.1) is 0 Å². The van der Waals surface area contributed by atoms with Crippen LogP contribution in [0.25, 0.3) is 10.2 Å². The van der Waals surface area contributed by atoms with Crippen LogP contribution in [0.5, 0.6) is 5.75 Å². The Bertz CT molecular complexity index is 780. The average Bonchev–Trinajstić information content (AvgIpc) is 3.19. The number of hydrogen-bond acceptors (Lipinski definition) is 5. The van der Waals surface area contributed by atoms with Gasteiger partial charge < -0.3 is 9.15 Å². The predicted octanol–water partition coefficient (Wildman–Crippen LogP) is 3.84. The lowest BCUT2D eigenvalue weighted by Crippen LogP contribution is -2.29. The lowest BCUT2D eigenvalue weighted by Gasteiger charge is -2.17. The Morgan fingerprint density at radius 2 is 2.27 bits per heavy atom. The normalized spacial score (nSPS) is 10.8. The molecule has 0 radical (unpaired) electrons. The third-order valence-corrected chi connectivity index (χ3v) is 4.35. The summed E-state index contributed by atoms with van der Waals surface area (Å²) in [4.78, 5) is 18.5. The van der Waals surface area contributed by atoms with E-state index in [4.69, 9.17) is 9.15 Å². The van der Waals surface area contributed by atoms with E-state index >= 15 is 0 Å². The van der Waals surface area contributed by atoms with Crippen molar-refractivity contribution in [1.82, 2.24) is 4.98 Å². The Labute approximate surface area is 132 Å². The summed E-state index contributed by atoms with van der Waals surface area (Å²) in [7, 11) is 1.63. The standard InChI is InChI=1S/C16H16N2O3S/c1-3-15(19)18(10-12-5-4-8-21-12)16-17-13-7-6-11(20-2)9-14(13)22-16/h4-9H,3,10H2,1-2H3. The zero-order valence-electron chi connectivity index (χ0n) is 12.4. The highest BCUT2D eigenvalue weighted by atomic mass is 32.1. The topological polar surface area (TPSA) is 55.6 Å². The second-order valence-electron chi connectivity index (χ2n) is 4.74. The molecule has 0 saturated heterocycles. The van der Waals surface area contributed by atoms with Gasteiger partial charge in [0.05, 0.1) is 30.1 Å². The number of methoxy groups -OCH3 is 1. The SMILES string of the molecule is CCC(=O)N(Cc1ccco1)c1nc2ccc(OC)cc2s1. The molecule has 3 aromatic rings. The van der Waals surface area contributed by atoms with E-state index < -0.39 is 0 Å². The van der Waals surface area contributed by atoms with Crippen molar-refractivity contribution in [2.75, 3.05) is 12.0 Å². The summed E-state index contributed by atoms with van der Waals surface area (Å²) in [5.41, 5.74) is 0.856. The molecule has 2 aromatic heterocycles. The molecular formula is C16H16N2O3S. The summed E-state index contributed by atoms with van der Waals surface area (Å²) < 4.78 is 11.6. The summed E-state index contributed by atoms with van der Waals surface area (Å²) in [5.74, 6) is 1.53. The average molecular weight is 316 g/mol. The van der Waals surface area contributed by atoms with Gasteiger partial charge in [0.2, 0.25) is 5.91 Å². The molecule has 0 fully saturated rings. The number of benzene rings is 1. The molecule has 0 atom stereocenters. The third-order valence-electron chi connectivity index (χ3n) is 3.31. The number of thiazole rings is 1. The molecule has 0 aliphatic heterocycles. The molecule has 6 heteroatoms. The highest BCUT2D eigenvalue weighted by Gasteiger charge is 2.20. The fraction of sp³-hybridized carbons (Fsp3) is 0.250. The second kappa shape index (κ2) is 6.19. The summed E-state index contributed by atoms with van der Waals surface area (Å²) >= 11 is 1.47. The largest absolute Gasteiger partial charge is 0.497 e. The number of aromatic nitrogens is 1. The smallest absolute Gasteiger partial charge is 0.228 e. The van der Waals surface area contributed by atoms with Gasteiger partial charge in [-0.1, -0.05) is 18.3 Å². The number of rotatable bonds is 5. The van der Waals surface area contributed by atoms with E-state index in [1.54, 1.807) is 18.3 Å². The zero-order chi connectivity index (χ0) is 15.5. The van der Waals surface area contributed by atoms with E-state index in [0.29, 0.717) is 18.1 Å². The van der Waals surface area contributed by atoms with Gasteiger partial charge in [-0.3, -0.25) is 9.69 Å². The van der Waals surface area contributed by atoms with Gasteiger partial charge in [0.15, 0.2) is 5.13 Å². The third kappa shape index (κ3) is 2.82. The Morgan fingerprint density at radius 1 is 1.41 bits per heavy atom. The number of fused-ring (bicyclic) bond motifs is 1. The number of hydrogen-bond donors (Lipinski definition) is 0. The van der Waals surface area contributed by atoms with Crippen LogP contribution in [-0.2, 0) is 11.3 Å². The van der Waals surface area contributed by atoms with Crippen LogP contribution in [0.1, 0.15) is 19.1 Å². The number of carbonyl (C=O) groups excluding carboxylic acids is 1. The molecule has 1 aromatic carbocycles. The molecule has 0 unspecified atom stereocenters. The van der Waals surface area contributed by atoms with E-state index in [0.717, 1.165) is 21.7 Å². The summed E-state index contributed by atoms with van der Waals surface area (Å²) in [6, 6.07) is 9.36. The lowest BCUT2D eigenvalue weighted by molar-refractivity contribution is -0.118. The van der Waals surface area contributed by atoms with E-state index in [9.17, 15) is 4.79 Å². The first-order chi connectivity index (χ1) is 10.7. The van der Waals surface area contributed by atoms with Crippen LogP contribution in [0.3, 0.4) is 0 Å². The Balaban J connectivity index is 1.97. The van der Waals surface area contributed by atoms with Crippen LogP contribution in [0.2, 0.25) is 0 Å². The number of furan rings is 1. The van der Waals surface area contributed by atoms with Gasteiger partial charge in [-0.2, -0.15) is 0 Å². The molecule has 2 heterocycles. The van der Waals surface area contributed by atoms with Gasteiger partial charge in [-0.25, -0.2) is 4.98 Å². The maximum Gasteiger partial charge on any atom is 0.228 e. The van der Waals surface area contributed by atoms with Crippen molar-refractivity contribution in [2.24, 2.45) is 0 Å². The number of anilines is 1. The maximum absolute atomic E-state index is 12.3. The Hall–Kier alpha value is -2.34. The first-order valence-corrected chi connectivity index (χ1v) is 7.80. The van der Waals surface area contributed by atoms with E-state index in [2.05, 4.69) is 4.98 Å². The molecule has 0 spiro atoms. The van der Waals surface area contributed by atoms with Crippen LogP contribution in [0.4, 0.5) is 5.13 Å². The van der Waals surface area contributed by atoms with E-state index in [-0.39, 0.29) is 5.91 Å². The number of ether oxygens (including phenoxy) is 1. The van der Waals surface area contributed by atoms with Gasteiger partial charge in [0, 0.05) is 6.42 Å². The van der Waals surface area contributed by atoms with Crippen molar-refractivity contribution in [3.63, 3.8) is 0 Å². The van der Waals surface area contributed by atoms with Crippen LogP contribution in [-0.4, -0.2) is 18.0 Å². The van der Waals surface area contributed by atoms with Crippen LogP contribution >= 0.6 is 11.3 Å². The monoisotopic (exact) mass is 316 g/mol. The Kier molecular flexibility index (Phi) is 4.11. The zero-order valence-corrected chi connectivity index (χ0v) is 13.2. The minimum absolute atomic E-state index is 0.0161. The summed E-state index contributed by atoms with van der Waals surface area (Å²) in [5, 5.41) is 0.673. The maximum atomic E-state index is 12.3.